The number of amides is 1. The van der Waals surface area contributed by atoms with Gasteiger partial charge >= 0.3 is 0 Å². The van der Waals surface area contributed by atoms with Gasteiger partial charge in [-0.05, 0) is 56.2 Å². The highest BCUT2D eigenvalue weighted by Gasteiger charge is 2.15. The number of rotatable bonds is 8. The highest BCUT2D eigenvalue weighted by molar-refractivity contribution is 5.85. The van der Waals surface area contributed by atoms with Gasteiger partial charge in [0.1, 0.15) is 5.75 Å². The third kappa shape index (κ3) is 5.39. The van der Waals surface area contributed by atoms with Crippen molar-refractivity contribution in [2.45, 2.75) is 26.9 Å². The molecule has 7 nitrogen and oxygen atoms in total. The predicted molar refractivity (Wildman–Crippen MR) is 108 cm³/mol. The molecular weight excluding hydrogens is 360 g/mol. The van der Waals surface area contributed by atoms with Crippen LogP contribution >= 0.6 is 0 Å². The van der Waals surface area contributed by atoms with Crippen molar-refractivity contribution >= 4 is 12.1 Å². The lowest BCUT2D eigenvalue weighted by Crippen LogP contribution is -2.33. The molecule has 1 unspecified atom stereocenters. The van der Waals surface area contributed by atoms with Crippen LogP contribution in [0.1, 0.15) is 23.6 Å². The molecule has 7 heteroatoms. The van der Waals surface area contributed by atoms with Gasteiger partial charge in [-0.3, -0.25) is 4.79 Å². The lowest BCUT2D eigenvalue weighted by molar-refractivity contribution is -0.127. The second kappa shape index (κ2) is 9.64. The first-order valence-corrected chi connectivity index (χ1v) is 8.75. The minimum atomic E-state index is -0.696. The van der Waals surface area contributed by atoms with Gasteiger partial charge in [0.15, 0.2) is 17.6 Å². The molecule has 1 atom stereocenters. The fourth-order valence-corrected chi connectivity index (χ4v) is 2.70. The molecule has 0 aliphatic rings. The highest BCUT2D eigenvalue weighted by atomic mass is 16.5. The zero-order valence-electron chi connectivity index (χ0n) is 17.0. The lowest BCUT2D eigenvalue weighted by Gasteiger charge is -2.14. The standard InChI is InChI=1S/C21H26N2O5/c1-13-7-14(2)9-17(8-13)28-15(3)21(24)23-22-12-16-10-18(25-4)20(27-6)19(11-16)26-5/h7-12,15H,1-6H3,(H,23,24)/b22-12+. The van der Waals surface area contributed by atoms with E-state index >= 15 is 0 Å². The maximum absolute atomic E-state index is 12.2. The van der Waals surface area contributed by atoms with Gasteiger partial charge in [-0.1, -0.05) is 6.07 Å². The van der Waals surface area contributed by atoms with Crippen molar-refractivity contribution in [2.24, 2.45) is 5.10 Å². The molecule has 2 rings (SSSR count). The van der Waals surface area contributed by atoms with E-state index in [0.29, 0.717) is 28.6 Å². The van der Waals surface area contributed by atoms with E-state index in [1.165, 1.54) is 27.5 Å². The number of benzene rings is 2. The van der Waals surface area contributed by atoms with Crippen LogP contribution in [0.5, 0.6) is 23.0 Å². The van der Waals surface area contributed by atoms with Crippen molar-refractivity contribution in [3.63, 3.8) is 0 Å². The number of carbonyl (C=O) groups excluding carboxylic acids is 1. The van der Waals surface area contributed by atoms with Crippen LogP contribution in [-0.2, 0) is 4.79 Å². The number of hydrazone groups is 1. The van der Waals surface area contributed by atoms with Crippen LogP contribution in [0.4, 0.5) is 0 Å². The van der Waals surface area contributed by atoms with Crippen LogP contribution in [0.3, 0.4) is 0 Å². The molecule has 0 fully saturated rings. The number of hydrogen-bond acceptors (Lipinski definition) is 6. The normalized spacial score (nSPS) is 11.8. The molecule has 0 heterocycles. The zero-order chi connectivity index (χ0) is 20.7. The van der Waals surface area contributed by atoms with Crippen molar-refractivity contribution in [3.05, 3.63) is 47.0 Å². The summed E-state index contributed by atoms with van der Waals surface area (Å²) in [5.41, 5.74) is 5.30. The Morgan fingerprint density at radius 2 is 1.54 bits per heavy atom. The van der Waals surface area contributed by atoms with Gasteiger partial charge in [0.2, 0.25) is 5.75 Å². The number of methoxy groups -OCH3 is 3. The number of hydrogen-bond donors (Lipinski definition) is 1. The first-order chi connectivity index (χ1) is 13.4. The van der Waals surface area contributed by atoms with E-state index < -0.39 is 6.10 Å². The summed E-state index contributed by atoms with van der Waals surface area (Å²) in [4.78, 5) is 12.2. The van der Waals surface area contributed by atoms with Crippen LogP contribution in [0.25, 0.3) is 0 Å². The number of carbonyl (C=O) groups is 1. The number of nitrogens with zero attached hydrogens (tertiary/aromatic N) is 1. The molecule has 0 spiro atoms. The van der Waals surface area contributed by atoms with E-state index in [4.69, 9.17) is 18.9 Å². The molecule has 0 bridgehead atoms. The molecule has 0 radical (unpaired) electrons. The largest absolute Gasteiger partial charge is 0.493 e. The Morgan fingerprint density at radius 3 is 2.04 bits per heavy atom. The van der Waals surface area contributed by atoms with Gasteiger partial charge in [0, 0.05) is 5.56 Å². The van der Waals surface area contributed by atoms with Crippen LogP contribution in [0.2, 0.25) is 0 Å². The minimum Gasteiger partial charge on any atom is -0.493 e. The average molecular weight is 386 g/mol. The summed E-state index contributed by atoms with van der Waals surface area (Å²) < 4.78 is 21.6. The van der Waals surface area contributed by atoms with Gasteiger partial charge in [0.05, 0.1) is 27.5 Å². The van der Waals surface area contributed by atoms with Crippen molar-refractivity contribution in [3.8, 4) is 23.0 Å². The fourth-order valence-electron chi connectivity index (χ4n) is 2.70. The van der Waals surface area contributed by atoms with Crippen molar-refractivity contribution < 1.29 is 23.7 Å². The van der Waals surface area contributed by atoms with E-state index in [1.54, 1.807) is 19.1 Å². The Kier molecular flexibility index (Phi) is 7.26. The van der Waals surface area contributed by atoms with Crippen LogP contribution in [-0.4, -0.2) is 39.6 Å². The number of ether oxygens (including phenoxy) is 4. The molecule has 0 saturated carbocycles. The summed E-state index contributed by atoms with van der Waals surface area (Å²) in [5.74, 6) is 1.78. The molecule has 0 aliphatic heterocycles. The SMILES string of the molecule is COc1cc(/C=N/NC(=O)C(C)Oc2cc(C)cc(C)c2)cc(OC)c1OC. The molecule has 0 aliphatic carbocycles. The quantitative estimate of drug-likeness (QED) is 0.557. The summed E-state index contributed by atoms with van der Waals surface area (Å²) in [6.45, 7) is 5.63. The van der Waals surface area contributed by atoms with Gasteiger partial charge in [0.25, 0.3) is 5.91 Å². The maximum atomic E-state index is 12.2. The molecule has 1 amide bonds. The molecule has 28 heavy (non-hydrogen) atoms. The smallest absolute Gasteiger partial charge is 0.280 e. The number of nitrogens with one attached hydrogen (secondary N) is 1. The van der Waals surface area contributed by atoms with Crippen LogP contribution < -0.4 is 24.4 Å². The van der Waals surface area contributed by atoms with E-state index in [1.807, 2.05) is 32.0 Å². The van der Waals surface area contributed by atoms with Crippen molar-refractivity contribution in [1.82, 2.24) is 5.43 Å². The summed E-state index contributed by atoms with van der Waals surface area (Å²) in [7, 11) is 4.60. The monoisotopic (exact) mass is 386 g/mol. The Labute approximate surface area is 165 Å². The molecular formula is C21H26N2O5. The Bertz CT molecular complexity index is 819. The molecule has 2 aromatic carbocycles. The molecule has 0 saturated heterocycles. The van der Waals surface area contributed by atoms with E-state index in [9.17, 15) is 4.79 Å². The summed E-state index contributed by atoms with van der Waals surface area (Å²) >= 11 is 0. The van der Waals surface area contributed by atoms with E-state index in [2.05, 4.69) is 10.5 Å². The molecule has 0 aromatic heterocycles. The van der Waals surface area contributed by atoms with Gasteiger partial charge in [-0.2, -0.15) is 5.10 Å². The Morgan fingerprint density at radius 1 is 0.964 bits per heavy atom. The number of aryl methyl sites for hydroxylation is 2. The average Bonchev–Trinajstić information content (AvgIpc) is 2.66. The molecule has 150 valence electrons. The van der Waals surface area contributed by atoms with Crippen molar-refractivity contribution in [2.75, 3.05) is 21.3 Å². The highest BCUT2D eigenvalue weighted by Crippen LogP contribution is 2.37. The summed E-state index contributed by atoms with van der Waals surface area (Å²) in [6.07, 6.45) is 0.796. The maximum Gasteiger partial charge on any atom is 0.280 e. The van der Waals surface area contributed by atoms with Crippen LogP contribution in [0.15, 0.2) is 35.4 Å². The van der Waals surface area contributed by atoms with Crippen LogP contribution in [0, 0.1) is 13.8 Å². The van der Waals surface area contributed by atoms with E-state index in [-0.39, 0.29) is 5.91 Å². The lowest BCUT2D eigenvalue weighted by atomic mass is 10.1. The first-order valence-electron chi connectivity index (χ1n) is 8.75. The summed E-state index contributed by atoms with van der Waals surface area (Å²) in [6, 6.07) is 9.27. The summed E-state index contributed by atoms with van der Waals surface area (Å²) in [5, 5.41) is 3.99. The molecule has 2 aromatic rings. The third-order valence-corrected chi connectivity index (χ3v) is 3.95. The van der Waals surface area contributed by atoms with Crippen molar-refractivity contribution in [1.29, 1.82) is 0 Å². The second-order valence-electron chi connectivity index (χ2n) is 6.28. The third-order valence-electron chi connectivity index (χ3n) is 3.95. The topological polar surface area (TPSA) is 78.4 Å². The Hall–Kier alpha value is -3.22. The second-order valence-corrected chi connectivity index (χ2v) is 6.28. The molecule has 1 N–H and O–H groups in total. The Balaban J connectivity index is 2.04. The minimum absolute atomic E-state index is 0.358. The predicted octanol–water partition coefficient (Wildman–Crippen LogP) is 3.25. The van der Waals surface area contributed by atoms with Gasteiger partial charge in [-0.25, -0.2) is 5.43 Å². The van der Waals surface area contributed by atoms with E-state index in [0.717, 1.165) is 11.1 Å². The zero-order valence-corrected chi connectivity index (χ0v) is 17.0. The first kappa shape index (κ1) is 21.1. The van der Waals surface area contributed by atoms with Gasteiger partial charge in [-0.15, -0.1) is 0 Å². The van der Waals surface area contributed by atoms with Gasteiger partial charge < -0.3 is 18.9 Å². The fraction of sp³-hybridized carbons (Fsp3) is 0.333.